The van der Waals surface area contributed by atoms with E-state index in [1.165, 1.54) is 32.9 Å². The molecule has 0 fully saturated rings. The number of aromatic nitrogens is 1. The minimum atomic E-state index is 0.989. The number of fused-ring (bicyclic) bond motifs is 7. The molecule has 0 saturated carbocycles. The van der Waals surface area contributed by atoms with Crippen LogP contribution in [0.4, 0.5) is 5.69 Å². The predicted octanol–water partition coefficient (Wildman–Crippen LogP) is 4.79. The van der Waals surface area contributed by atoms with Crippen LogP contribution in [0.1, 0.15) is 12.0 Å². The average molecular weight is 327 g/mol. The first-order chi connectivity index (χ1) is 12.2. The number of likely N-dealkylation sites (N-methyl/N-ethyl adjacent to an activating group) is 1. The van der Waals surface area contributed by atoms with E-state index in [-0.39, 0.29) is 0 Å². The van der Waals surface area contributed by atoms with Crippen molar-refractivity contribution < 1.29 is 0 Å². The average Bonchev–Trinajstić information content (AvgIpc) is 3.15. The quantitative estimate of drug-likeness (QED) is 0.677. The van der Waals surface area contributed by atoms with Gasteiger partial charge in [-0.1, -0.05) is 30.4 Å². The molecule has 0 saturated heterocycles. The van der Waals surface area contributed by atoms with Crippen molar-refractivity contribution in [1.29, 1.82) is 0 Å². The lowest BCUT2D eigenvalue weighted by molar-refractivity contribution is 0.389. The fourth-order valence-corrected chi connectivity index (χ4v) is 4.05. The molecule has 2 aliphatic rings. The summed E-state index contributed by atoms with van der Waals surface area (Å²) in [6.07, 6.45) is 7.65. The second-order valence-corrected chi connectivity index (χ2v) is 7.08. The molecular weight excluding hydrogens is 306 g/mol. The molecule has 5 rings (SSSR count). The minimum absolute atomic E-state index is 0.989. The molecule has 3 nitrogen and oxygen atoms in total. The van der Waals surface area contributed by atoms with Gasteiger partial charge in [-0.25, -0.2) is 4.99 Å². The van der Waals surface area contributed by atoms with Crippen LogP contribution >= 0.6 is 0 Å². The first-order valence-electron chi connectivity index (χ1n) is 8.89. The summed E-state index contributed by atoms with van der Waals surface area (Å²) in [5.74, 6) is 0. The van der Waals surface area contributed by atoms with Gasteiger partial charge in [0.15, 0.2) is 0 Å². The van der Waals surface area contributed by atoms with Crippen LogP contribution in [0.15, 0.2) is 59.6 Å². The van der Waals surface area contributed by atoms with E-state index in [2.05, 4.69) is 78.2 Å². The van der Waals surface area contributed by atoms with E-state index in [0.29, 0.717) is 0 Å². The van der Waals surface area contributed by atoms with Gasteiger partial charge >= 0.3 is 0 Å². The summed E-state index contributed by atoms with van der Waals surface area (Å²) in [6.45, 7) is 2.01. The Morgan fingerprint density at radius 2 is 1.96 bits per heavy atom. The van der Waals surface area contributed by atoms with Gasteiger partial charge in [0.05, 0.1) is 11.4 Å². The highest BCUT2D eigenvalue weighted by Gasteiger charge is 2.25. The van der Waals surface area contributed by atoms with Crippen LogP contribution in [0.3, 0.4) is 0 Å². The van der Waals surface area contributed by atoms with Gasteiger partial charge in [-0.3, -0.25) is 0 Å². The topological polar surface area (TPSA) is 20.5 Å². The van der Waals surface area contributed by atoms with Crippen molar-refractivity contribution in [3.8, 4) is 0 Å². The van der Waals surface area contributed by atoms with Crippen molar-refractivity contribution in [3.05, 3.63) is 60.2 Å². The lowest BCUT2D eigenvalue weighted by Crippen LogP contribution is -2.18. The monoisotopic (exact) mass is 327 g/mol. The van der Waals surface area contributed by atoms with Crippen molar-refractivity contribution in [2.45, 2.75) is 13.0 Å². The number of hydrogen-bond donors (Lipinski definition) is 0. The molecule has 0 spiro atoms. The van der Waals surface area contributed by atoms with Crippen molar-refractivity contribution in [3.63, 3.8) is 0 Å². The molecule has 124 valence electrons. The van der Waals surface area contributed by atoms with Gasteiger partial charge in [0.25, 0.3) is 0 Å². The first-order valence-corrected chi connectivity index (χ1v) is 8.89. The van der Waals surface area contributed by atoms with E-state index in [4.69, 9.17) is 4.99 Å². The van der Waals surface area contributed by atoms with E-state index < -0.39 is 0 Å². The zero-order valence-corrected chi connectivity index (χ0v) is 14.7. The number of nitrogens with zero attached hydrogens (tertiary/aromatic N) is 3. The van der Waals surface area contributed by atoms with E-state index >= 15 is 0 Å². The Morgan fingerprint density at radius 3 is 2.84 bits per heavy atom. The molecule has 0 amide bonds. The molecule has 0 atom stereocenters. The molecule has 3 aromatic rings. The molecule has 0 bridgehead atoms. The van der Waals surface area contributed by atoms with Crippen molar-refractivity contribution in [2.75, 3.05) is 20.6 Å². The van der Waals surface area contributed by atoms with Gasteiger partial charge in [0, 0.05) is 46.0 Å². The third kappa shape index (κ3) is 2.12. The third-order valence-electron chi connectivity index (χ3n) is 5.21. The van der Waals surface area contributed by atoms with Crippen LogP contribution in [0.2, 0.25) is 0 Å². The summed E-state index contributed by atoms with van der Waals surface area (Å²) in [4.78, 5) is 7.10. The number of allylic oxidation sites excluding steroid dienone is 4. The normalized spacial score (nSPS) is 15.6. The maximum Gasteiger partial charge on any atom is 0.0724 e. The minimum Gasteiger partial charge on any atom is -0.339 e. The van der Waals surface area contributed by atoms with Gasteiger partial charge in [-0.15, -0.1) is 0 Å². The Bertz CT molecular complexity index is 1090. The summed E-state index contributed by atoms with van der Waals surface area (Å²) in [5.41, 5.74) is 7.46. The summed E-state index contributed by atoms with van der Waals surface area (Å²) >= 11 is 0. The Morgan fingerprint density at radius 1 is 1.08 bits per heavy atom. The predicted molar refractivity (Wildman–Crippen MR) is 107 cm³/mol. The summed E-state index contributed by atoms with van der Waals surface area (Å²) in [6, 6.07) is 13.2. The van der Waals surface area contributed by atoms with Gasteiger partial charge in [-0.05, 0) is 44.8 Å². The van der Waals surface area contributed by atoms with Gasteiger partial charge in [0.2, 0.25) is 0 Å². The third-order valence-corrected chi connectivity index (χ3v) is 5.21. The standard InChI is InChI=1S/C22H21N3/c1-24(2)13-14-25-19-10-6-4-8-16(19)22-20(25)12-11-18-21(22)15-7-3-5-9-17(15)23-18/h4-12H,3,13-14H2,1-2H3. The SMILES string of the molecule is CN(C)CCn1c2ccccc2c2c3c(ccc21)N=C1C=CCC=C13. The lowest BCUT2D eigenvalue weighted by atomic mass is 9.94. The summed E-state index contributed by atoms with van der Waals surface area (Å²) in [5, 5.41) is 2.69. The zero-order chi connectivity index (χ0) is 17.0. The van der Waals surface area contributed by atoms with E-state index in [0.717, 1.165) is 30.9 Å². The van der Waals surface area contributed by atoms with Gasteiger partial charge in [-0.2, -0.15) is 0 Å². The van der Waals surface area contributed by atoms with Crippen molar-refractivity contribution in [2.24, 2.45) is 4.99 Å². The molecule has 2 heterocycles. The van der Waals surface area contributed by atoms with Crippen molar-refractivity contribution in [1.82, 2.24) is 9.47 Å². The second-order valence-electron chi connectivity index (χ2n) is 7.08. The fraction of sp³-hybridized carbons (Fsp3) is 0.227. The Labute approximate surface area is 147 Å². The molecule has 0 radical (unpaired) electrons. The van der Waals surface area contributed by atoms with E-state index in [1.807, 2.05) is 0 Å². The molecule has 0 unspecified atom stereocenters. The number of rotatable bonds is 3. The molecule has 0 N–H and O–H groups in total. The lowest BCUT2D eigenvalue weighted by Gasteiger charge is -2.13. The van der Waals surface area contributed by atoms with Gasteiger partial charge < -0.3 is 9.47 Å². The van der Waals surface area contributed by atoms with Crippen LogP contribution in [0.5, 0.6) is 0 Å². The van der Waals surface area contributed by atoms with Crippen LogP contribution < -0.4 is 0 Å². The highest BCUT2D eigenvalue weighted by molar-refractivity contribution is 6.38. The Balaban J connectivity index is 1.83. The number of aliphatic imine (C=N–C) groups is 1. The summed E-state index contributed by atoms with van der Waals surface area (Å²) < 4.78 is 2.46. The first kappa shape index (κ1) is 14.7. The highest BCUT2D eigenvalue weighted by Crippen LogP contribution is 2.45. The summed E-state index contributed by atoms with van der Waals surface area (Å²) in [7, 11) is 4.26. The Hall–Kier alpha value is -2.65. The van der Waals surface area contributed by atoms with E-state index in [1.54, 1.807) is 0 Å². The molecule has 2 aromatic carbocycles. The molecule has 1 aromatic heterocycles. The Kier molecular flexibility index (Phi) is 3.19. The van der Waals surface area contributed by atoms with E-state index in [9.17, 15) is 0 Å². The fourth-order valence-electron chi connectivity index (χ4n) is 4.05. The smallest absolute Gasteiger partial charge is 0.0724 e. The highest BCUT2D eigenvalue weighted by atomic mass is 15.1. The van der Waals surface area contributed by atoms with Crippen LogP contribution in [-0.2, 0) is 6.54 Å². The van der Waals surface area contributed by atoms with Crippen molar-refractivity contribution >= 4 is 38.8 Å². The molecule has 1 aliphatic carbocycles. The maximum absolute atomic E-state index is 4.86. The van der Waals surface area contributed by atoms with Gasteiger partial charge in [0.1, 0.15) is 0 Å². The van der Waals surface area contributed by atoms with Crippen LogP contribution in [0, 0.1) is 0 Å². The maximum atomic E-state index is 4.86. The zero-order valence-electron chi connectivity index (χ0n) is 14.7. The number of hydrogen-bond acceptors (Lipinski definition) is 2. The van der Waals surface area contributed by atoms with Crippen LogP contribution in [-0.4, -0.2) is 35.8 Å². The number of benzene rings is 2. The second kappa shape index (κ2) is 5.43. The largest absolute Gasteiger partial charge is 0.339 e. The molecular formula is C22H21N3. The molecule has 25 heavy (non-hydrogen) atoms. The van der Waals surface area contributed by atoms with Crippen LogP contribution in [0.25, 0.3) is 27.4 Å². The number of para-hydroxylation sites is 1. The molecule has 3 heteroatoms. The molecule has 1 aliphatic heterocycles.